The van der Waals surface area contributed by atoms with Crippen molar-refractivity contribution in [2.75, 3.05) is 50.1 Å². The minimum Gasteiger partial charge on any atom is -0.400 e. The van der Waals surface area contributed by atoms with Gasteiger partial charge >= 0.3 is 0 Å². The van der Waals surface area contributed by atoms with Crippen molar-refractivity contribution in [3.63, 3.8) is 0 Å². The molecule has 2 fully saturated rings. The van der Waals surface area contributed by atoms with Crippen LogP contribution in [0.15, 0.2) is 23.8 Å². The number of carbonyl (C=O) groups is 2. The first-order valence-electron chi connectivity index (χ1n) is 14.7. The molecule has 2 atom stereocenters. The van der Waals surface area contributed by atoms with E-state index in [1.807, 2.05) is 13.8 Å². The second-order valence-corrected chi connectivity index (χ2v) is 12.4. The molecule has 3 aromatic rings. The number of carbonyl (C=O) groups excluding carboxylic acids is 2. The summed E-state index contributed by atoms with van der Waals surface area (Å²) in [7, 11) is 1.00. The molecule has 12 heteroatoms. The number of amides is 1. The van der Waals surface area contributed by atoms with E-state index in [2.05, 4.69) is 62.2 Å². The Morgan fingerprint density at radius 1 is 1.12 bits per heavy atom. The normalized spacial score (nSPS) is 19.0. The molecule has 2 aliphatic heterocycles. The van der Waals surface area contributed by atoms with Gasteiger partial charge < -0.3 is 14.8 Å². The molecule has 3 aromatic heterocycles. The number of hydrogen-bond donors (Lipinski definition) is 2. The predicted octanol–water partition coefficient (Wildman–Crippen LogP) is 4.94. The molecule has 0 saturated carbocycles. The standard InChI is InChI=1S/C27H35N7O2S2.C2H6.CH4O/c1-18-6-4-7-33(18)16-23-25(21-12-20(3)37-17-21)30-27(38-23)31-26(36)22-13-29-24(14-28-22)34-10-9-32(8-5-11-35)19(2)15-34;2*1-2/h11-14,17-19H,4-10,15-16H2,1-3H3,(H,30,31,36);1-2H3;2H,1H3. The van der Waals surface area contributed by atoms with Gasteiger partial charge in [-0.1, -0.05) is 25.2 Å². The summed E-state index contributed by atoms with van der Waals surface area (Å²) in [4.78, 5) is 47.0. The maximum Gasteiger partial charge on any atom is 0.277 e. The Labute approximate surface area is 257 Å². The number of aldehydes is 1. The van der Waals surface area contributed by atoms with Crippen LogP contribution in [0.5, 0.6) is 0 Å². The van der Waals surface area contributed by atoms with Gasteiger partial charge in [-0.3, -0.25) is 19.9 Å². The molecule has 230 valence electrons. The summed E-state index contributed by atoms with van der Waals surface area (Å²) in [5.74, 6) is 0.453. The molecule has 0 bridgehead atoms. The van der Waals surface area contributed by atoms with Gasteiger partial charge in [0.15, 0.2) is 5.13 Å². The Bertz CT molecular complexity index is 1260. The quantitative estimate of drug-likeness (QED) is 0.323. The van der Waals surface area contributed by atoms with E-state index in [1.165, 1.54) is 28.8 Å². The fraction of sp³-hybridized carbons (Fsp3) is 0.567. The minimum atomic E-state index is -0.306. The van der Waals surface area contributed by atoms with E-state index in [-0.39, 0.29) is 11.6 Å². The summed E-state index contributed by atoms with van der Waals surface area (Å²) in [5, 5.41) is 12.7. The molecule has 2 saturated heterocycles. The van der Waals surface area contributed by atoms with Gasteiger partial charge in [-0.05, 0) is 46.2 Å². The number of hydrogen-bond acceptors (Lipinski definition) is 11. The van der Waals surface area contributed by atoms with Crippen molar-refractivity contribution < 1.29 is 14.7 Å². The zero-order chi connectivity index (χ0) is 30.6. The number of anilines is 2. The largest absolute Gasteiger partial charge is 0.400 e. The van der Waals surface area contributed by atoms with Crippen LogP contribution in [0.3, 0.4) is 0 Å². The van der Waals surface area contributed by atoms with Crippen molar-refractivity contribution in [2.45, 2.75) is 72.5 Å². The number of likely N-dealkylation sites (tertiary alicyclic amines) is 1. The van der Waals surface area contributed by atoms with Crippen LogP contribution in [0.25, 0.3) is 11.3 Å². The summed E-state index contributed by atoms with van der Waals surface area (Å²) in [6, 6.07) is 3.04. The topological polar surface area (TPSA) is 115 Å². The monoisotopic (exact) mass is 615 g/mol. The summed E-state index contributed by atoms with van der Waals surface area (Å²) in [5.41, 5.74) is 2.33. The second-order valence-electron chi connectivity index (χ2n) is 10.2. The lowest BCUT2D eigenvalue weighted by Crippen LogP contribution is -2.52. The number of piperazine rings is 1. The lowest BCUT2D eigenvalue weighted by atomic mass is 10.2. The molecular weight excluding hydrogens is 571 g/mol. The van der Waals surface area contributed by atoms with Gasteiger partial charge in [0.05, 0.1) is 18.1 Å². The van der Waals surface area contributed by atoms with E-state index in [9.17, 15) is 9.59 Å². The maximum absolute atomic E-state index is 13.1. The molecule has 0 aliphatic carbocycles. The van der Waals surface area contributed by atoms with Gasteiger partial charge in [0.1, 0.15) is 17.8 Å². The highest BCUT2D eigenvalue weighted by atomic mass is 32.1. The molecule has 0 spiro atoms. The fourth-order valence-electron chi connectivity index (χ4n) is 5.23. The number of rotatable bonds is 9. The van der Waals surface area contributed by atoms with Crippen molar-refractivity contribution >= 4 is 45.8 Å². The molecule has 10 nitrogen and oxygen atoms in total. The summed E-state index contributed by atoms with van der Waals surface area (Å²) in [6.45, 7) is 15.7. The zero-order valence-corrected chi connectivity index (χ0v) is 27.3. The average Bonchev–Trinajstić information content (AvgIpc) is 3.74. The first-order valence-corrected chi connectivity index (χ1v) is 16.4. The molecule has 0 radical (unpaired) electrons. The molecule has 2 N–H and O–H groups in total. The number of thiophene rings is 1. The lowest BCUT2D eigenvalue weighted by molar-refractivity contribution is -0.108. The van der Waals surface area contributed by atoms with Gasteiger partial charge in [0, 0.05) is 79.0 Å². The van der Waals surface area contributed by atoms with Crippen molar-refractivity contribution in [3.8, 4) is 11.3 Å². The van der Waals surface area contributed by atoms with E-state index in [1.54, 1.807) is 28.9 Å². The number of aliphatic hydroxyl groups is 1. The highest BCUT2D eigenvalue weighted by molar-refractivity contribution is 7.16. The number of nitrogens with one attached hydrogen (secondary N) is 1. The Hall–Kier alpha value is -2.77. The summed E-state index contributed by atoms with van der Waals surface area (Å²) < 4.78 is 0. The Kier molecular flexibility index (Phi) is 13.5. The van der Waals surface area contributed by atoms with E-state index in [0.29, 0.717) is 23.6 Å². The van der Waals surface area contributed by atoms with Crippen LogP contribution in [-0.2, 0) is 11.3 Å². The van der Waals surface area contributed by atoms with Crippen molar-refractivity contribution in [3.05, 3.63) is 39.3 Å². The molecule has 5 rings (SSSR count). The summed E-state index contributed by atoms with van der Waals surface area (Å²) in [6.07, 6.45) is 7.18. The number of aliphatic hydroxyl groups excluding tert-OH is 1. The van der Waals surface area contributed by atoms with Crippen LogP contribution in [0, 0.1) is 6.92 Å². The Morgan fingerprint density at radius 3 is 2.50 bits per heavy atom. The number of aromatic nitrogens is 3. The van der Waals surface area contributed by atoms with Crippen LogP contribution in [0.4, 0.5) is 10.9 Å². The third-order valence-corrected chi connectivity index (χ3v) is 9.27. The zero-order valence-electron chi connectivity index (χ0n) is 25.7. The molecule has 2 unspecified atom stereocenters. The van der Waals surface area contributed by atoms with Gasteiger partial charge in [-0.25, -0.2) is 15.0 Å². The second kappa shape index (κ2) is 16.8. The van der Waals surface area contributed by atoms with Crippen LogP contribution in [0.1, 0.15) is 67.2 Å². The van der Waals surface area contributed by atoms with E-state index >= 15 is 0 Å². The SMILES string of the molecule is CC.CO.Cc1cc(-c2nc(NC(=O)c3cnc(N4CCN(CCC=O)C(C)C4)cn3)sc2CN2CCCC2C)cs1. The maximum atomic E-state index is 13.1. The van der Waals surface area contributed by atoms with Gasteiger partial charge in [0.25, 0.3) is 5.91 Å². The first kappa shape index (κ1) is 33.7. The number of nitrogens with zero attached hydrogens (tertiary/aromatic N) is 6. The Morgan fingerprint density at radius 2 is 1.90 bits per heavy atom. The number of thiazole rings is 1. The predicted molar refractivity (Wildman–Crippen MR) is 173 cm³/mol. The summed E-state index contributed by atoms with van der Waals surface area (Å²) >= 11 is 3.26. The minimum absolute atomic E-state index is 0.268. The third kappa shape index (κ3) is 8.63. The lowest BCUT2D eigenvalue weighted by Gasteiger charge is -2.40. The smallest absolute Gasteiger partial charge is 0.277 e. The molecule has 42 heavy (non-hydrogen) atoms. The van der Waals surface area contributed by atoms with Crippen molar-refractivity contribution in [2.24, 2.45) is 0 Å². The Balaban J connectivity index is 0.00000116. The average molecular weight is 616 g/mol. The fourth-order valence-corrected chi connectivity index (χ4v) is 6.93. The van der Waals surface area contributed by atoms with Crippen molar-refractivity contribution in [1.82, 2.24) is 24.8 Å². The molecule has 5 heterocycles. The van der Waals surface area contributed by atoms with Crippen LogP contribution in [0.2, 0.25) is 0 Å². The van der Waals surface area contributed by atoms with Crippen LogP contribution < -0.4 is 10.2 Å². The van der Waals surface area contributed by atoms with Crippen molar-refractivity contribution in [1.29, 1.82) is 0 Å². The molecule has 0 aromatic carbocycles. The number of aryl methyl sites for hydroxylation is 1. The van der Waals surface area contributed by atoms with Gasteiger partial charge in [-0.15, -0.1) is 11.3 Å². The van der Waals surface area contributed by atoms with E-state index in [0.717, 1.165) is 69.7 Å². The van der Waals surface area contributed by atoms with Gasteiger partial charge in [-0.2, -0.15) is 0 Å². The van der Waals surface area contributed by atoms with E-state index < -0.39 is 0 Å². The third-order valence-electron chi connectivity index (χ3n) is 7.45. The molecular formula is C30H45N7O3S2. The molecule has 2 aliphatic rings. The first-order chi connectivity index (χ1) is 20.4. The highest BCUT2D eigenvalue weighted by Crippen LogP contribution is 2.36. The van der Waals surface area contributed by atoms with Gasteiger partial charge in [0.2, 0.25) is 0 Å². The van der Waals surface area contributed by atoms with E-state index in [4.69, 9.17) is 10.1 Å². The highest BCUT2D eigenvalue weighted by Gasteiger charge is 2.26. The molecule has 1 amide bonds. The van der Waals surface area contributed by atoms with Crippen LogP contribution >= 0.6 is 22.7 Å². The van der Waals surface area contributed by atoms with Crippen LogP contribution in [-0.4, -0.2) is 94.0 Å².